The highest BCUT2D eigenvalue weighted by Crippen LogP contribution is 2.43. The number of thiophene rings is 1. The Hall–Kier alpha value is -6.42. The number of nitrogens with zero attached hydrogens (tertiary/aromatic N) is 1. The average Bonchev–Trinajstić information content (AvgIpc) is 3.74. The normalized spacial score (nSPS) is 11.5. The second-order valence-electron chi connectivity index (χ2n) is 13.0. The Morgan fingerprint density at radius 1 is 0.373 bits per heavy atom. The summed E-state index contributed by atoms with van der Waals surface area (Å²) in [7, 11) is 0. The molecule has 1 N–H and O–H groups in total. The van der Waals surface area contributed by atoms with Crippen molar-refractivity contribution in [3.8, 4) is 39.1 Å². The van der Waals surface area contributed by atoms with Crippen molar-refractivity contribution in [1.82, 2.24) is 4.57 Å². The number of rotatable bonds is 6. The summed E-state index contributed by atoms with van der Waals surface area (Å²) in [6, 6.07) is 67.9. The lowest BCUT2D eigenvalue weighted by atomic mass is 9.96. The van der Waals surface area contributed by atoms with Crippen LogP contribution in [-0.2, 0) is 0 Å². The third-order valence-corrected chi connectivity index (χ3v) is 11.2. The molecule has 240 valence electrons. The Labute approximate surface area is 300 Å². The molecule has 10 rings (SSSR count). The van der Waals surface area contributed by atoms with Crippen LogP contribution in [0, 0.1) is 0 Å². The molecule has 0 aliphatic heterocycles. The Balaban J connectivity index is 1.04. The zero-order chi connectivity index (χ0) is 33.7. The van der Waals surface area contributed by atoms with Crippen molar-refractivity contribution in [2.45, 2.75) is 0 Å². The quantitative estimate of drug-likeness (QED) is 0.187. The van der Waals surface area contributed by atoms with Gasteiger partial charge in [0, 0.05) is 64.7 Å². The van der Waals surface area contributed by atoms with E-state index in [9.17, 15) is 0 Å². The van der Waals surface area contributed by atoms with Crippen molar-refractivity contribution < 1.29 is 0 Å². The lowest BCUT2D eigenvalue weighted by Gasteiger charge is -2.17. The number of para-hydroxylation sites is 4. The molecule has 0 aliphatic carbocycles. The summed E-state index contributed by atoms with van der Waals surface area (Å²) in [4.78, 5) is 0. The molecule has 0 spiro atoms. The fraction of sp³-hybridized carbons (Fsp3) is 0. The molecule has 0 unspecified atom stereocenters. The monoisotopic (exact) mass is 668 g/mol. The van der Waals surface area contributed by atoms with Gasteiger partial charge in [0.25, 0.3) is 0 Å². The van der Waals surface area contributed by atoms with E-state index < -0.39 is 0 Å². The lowest BCUT2D eigenvalue weighted by Crippen LogP contribution is -1.96. The zero-order valence-corrected chi connectivity index (χ0v) is 28.6. The number of aromatic nitrogens is 1. The summed E-state index contributed by atoms with van der Waals surface area (Å²) in [5, 5.41) is 9.00. The summed E-state index contributed by atoms with van der Waals surface area (Å²) in [5.41, 5.74) is 12.9. The topological polar surface area (TPSA) is 17.0 Å². The van der Waals surface area contributed by atoms with Crippen molar-refractivity contribution in [2.24, 2.45) is 0 Å². The molecule has 0 aliphatic rings. The van der Waals surface area contributed by atoms with Crippen molar-refractivity contribution in [3.05, 3.63) is 188 Å². The Morgan fingerprint density at radius 2 is 0.980 bits per heavy atom. The van der Waals surface area contributed by atoms with Crippen LogP contribution >= 0.6 is 11.3 Å². The molecule has 0 atom stereocenters. The Bertz CT molecular complexity index is 2900. The van der Waals surface area contributed by atoms with E-state index in [1.165, 1.54) is 75.5 Å². The number of hydrogen-bond acceptors (Lipinski definition) is 2. The van der Waals surface area contributed by atoms with Gasteiger partial charge in [0.1, 0.15) is 0 Å². The number of fused-ring (bicyclic) bond motifs is 6. The zero-order valence-electron chi connectivity index (χ0n) is 27.8. The first kappa shape index (κ1) is 29.5. The molecule has 10 aromatic rings. The van der Waals surface area contributed by atoms with Crippen LogP contribution in [-0.4, -0.2) is 4.57 Å². The van der Waals surface area contributed by atoms with E-state index in [1.807, 2.05) is 11.3 Å². The second-order valence-corrected chi connectivity index (χ2v) is 14.0. The molecule has 51 heavy (non-hydrogen) atoms. The van der Waals surface area contributed by atoms with Gasteiger partial charge in [-0.05, 0) is 71.3 Å². The number of anilines is 2. The Morgan fingerprint density at radius 3 is 1.86 bits per heavy atom. The van der Waals surface area contributed by atoms with E-state index in [0.29, 0.717) is 0 Å². The molecule has 0 saturated carbocycles. The van der Waals surface area contributed by atoms with E-state index in [4.69, 9.17) is 0 Å². The van der Waals surface area contributed by atoms with Crippen LogP contribution < -0.4 is 5.32 Å². The van der Waals surface area contributed by atoms with Crippen LogP contribution in [0.2, 0.25) is 0 Å². The molecule has 2 nitrogen and oxygen atoms in total. The minimum Gasteiger partial charge on any atom is -0.355 e. The largest absolute Gasteiger partial charge is 0.355 e. The van der Waals surface area contributed by atoms with E-state index in [2.05, 4.69) is 198 Å². The van der Waals surface area contributed by atoms with Crippen molar-refractivity contribution in [2.75, 3.05) is 5.32 Å². The predicted octanol–water partition coefficient (Wildman–Crippen LogP) is 13.9. The van der Waals surface area contributed by atoms with Crippen LogP contribution in [0.25, 0.3) is 81.0 Å². The van der Waals surface area contributed by atoms with Crippen molar-refractivity contribution >= 4 is 64.7 Å². The fourth-order valence-corrected chi connectivity index (χ4v) is 8.88. The first-order valence-electron chi connectivity index (χ1n) is 17.4. The molecule has 0 bridgehead atoms. The van der Waals surface area contributed by atoms with Gasteiger partial charge >= 0.3 is 0 Å². The molecular formula is C48H32N2S. The molecule has 8 aromatic carbocycles. The summed E-state index contributed by atoms with van der Waals surface area (Å²) in [6.07, 6.45) is 0. The minimum atomic E-state index is 1.08. The van der Waals surface area contributed by atoms with Gasteiger partial charge in [-0.2, -0.15) is 0 Å². The number of hydrogen-bond donors (Lipinski definition) is 1. The summed E-state index contributed by atoms with van der Waals surface area (Å²) < 4.78 is 5.00. The predicted molar refractivity (Wildman–Crippen MR) is 220 cm³/mol. The van der Waals surface area contributed by atoms with Gasteiger partial charge in [-0.3, -0.25) is 0 Å². The SMILES string of the molecule is c1ccc(-n2c3ccccc3c3cc(-c4cccc(-c5ccccc5Nc5ccccc5-c5cccc6c5sc5ccccc56)c4)ccc32)cc1. The molecule has 3 heteroatoms. The molecule has 0 amide bonds. The van der Waals surface area contributed by atoms with E-state index in [0.717, 1.165) is 16.9 Å². The van der Waals surface area contributed by atoms with E-state index >= 15 is 0 Å². The number of benzene rings is 8. The van der Waals surface area contributed by atoms with Crippen molar-refractivity contribution in [1.29, 1.82) is 0 Å². The third-order valence-electron chi connectivity index (χ3n) is 10.0. The van der Waals surface area contributed by atoms with Crippen LogP contribution in [0.5, 0.6) is 0 Å². The maximum atomic E-state index is 3.86. The Kier molecular flexibility index (Phi) is 7.04. The van der Waals surface area contributed by atoms with Crippen molar-refractivity contribution in [3.63, 3.8) is 0 Å². The smallest absolute Gasteiger partial charge is 0.0541 e. The summed E-state index contributed by atoms with van der Waals surface area (Å²) in [6.45, 7) is 0. The van der Waals surface area contributed by atoms with Gasteiger partial charge in [-0.15, -0.1) is 11.3 Å². The van der Waals surface area contributed by atoms with Gasteiger partial charge in [0.05, 0.1) is 11.0 Å². The standard InChI is InChI=1S/C48H32N2S/c1-2-16-35(17-3-1)50-45-26-10-6-20-38(45)42-31-33(28-29-46(42)50)32-14-12-15-34(30-32)36-18-4-8-24-43(36)49-44-25-9-5-19-37(44)40-22-13-23-41-39-21-7-11-27-47(39)51-48(40)41/h1-31,49H. The molecule has 0 radical (unpaired) electrons. The first-order valence-corrected chi connectivity index (χ1v) is 18.2. The fourth-order valence-electron chi connectivity index (χ4n) is 7.65. The van der Waals surface area contributed by atoms with Gasteiger partial charge in [-0.1, -0.05) is 133 Å². The van der Waals surface area contributed by atoms with E-state index in [-0.39, 0.29) is 0 Å². The minimum absolute atomic E-state index is 1.08. The van der Waals surface area contributed by atoms with Gasteiger partial charge in [0.15, 0.2) is 0 Å². The van der Waals surface area contributed by atoms with Crippen LogP contribution in [0.15, 0.2) is 188 Å². The second kappa shape index (κ2) is 12.2. The molecule has 0 saturated heterocycles. The average molecular weight is 669 g/mol. The molecular weight excluding hydrogens is 637 g/mol. The molecule has 0 fully saturated rings. The third kappa shape index (κ3) is 5.01. The van der Waals surface area contributed by atoms with Gasteiger partial charge < -0.3 is 9.88 Å². The first-order chi connectivity index (χ1) is 25.3. The maximum absolute atomic E-state index is 3.86. The summed E-state index contributed by atoms with van der Waals surface area (Å²) >= 11 is 1.87. The van der Waals surface area contributed by atoms with E-state index in [1.54, 1.807) is 0 Å². The van der Waals surface area contributed by atoms with Gasteiger partial charge in [0.2, 0.25) is 0 Å². The maximum Gasteiger partial charge on any atom is 0.0541 e. The van der Waals surface area contributed by atoms with Crippen LogP contribution in [0.1, 0.15) is 0 Å². The highest BCUT2D eigenvalue weighted by molar-refractivity contribution is 7.26. The number of nitrogens with one attached hydrogen (secondary N) is 1. The summed E-state index contributed by atoms with van der Waals surface area (Å²) in [5.74, 6) is 0. The molecule has 2 heterocycles. The van der Waals surface area contributed by atoms with Crippen LogP contribution in [0.4, 0.5) is 11.4 Å². The van der Waals surface area contributed by atoms with Crippen LogP contribution in [0.3, 0.4) is 0 Å². The highest BCUT2D eigenvalue weighted by atomic mass is 32.1. The lowest BCUT2D eigenvalue weighted by molar-refractivity contribution is 1.18. The van der Waals surface area contributed by atoms with Gasteiger partial charge in [-0.25, -0.2) is 0 Å². The molecule has 2 aromatic heterocycles. The highest BCUT2D eigenvalue weighted by Gasteiger charge is 2.16.